The Morgan fingerprint density at radius 3 is 2.25 bits per heavy atom. The van der Waals surface area contributed by atoms with E-state index >= 15 is 0 Å². The maximum Gasteiger partial charge on any atom is 0.243 e. The van der Waals surface area contributed by atoms with Gasteiger partial charge in [-0.3, -0.25) is 4.79 Å². The molecule has 0 saturated carbocycles. The second-order valence-corrected chi connectivity index (χ2v) is 10.00. The molecule has 9 heteroatoms. The van der Waals surface area contributed by atoms with E-state index in [1.54, 1.807) is 37.3 Å². The Balaban J connectivity index is 1.95. The summed E-state index contributed by atoms with van der Waals surface area (Å²) in [5.41, 5.74) is 1.96. The monoisotopic (exact) mass is 494 g/mol. The summed E-state index contributed by atoms with van der Waals surface area (Å²) >= 11 is 12.2. The molecule has 0 spiro atoms. The molecule has 0 aliphatic carbocycles. The van der Waals surface area contributed by atoms with E-state index in [0.29, 0.717) is 16.3 Å². The van der Waals surface area contributed by atoms with Gasteiger partial charge < -0.3 is 5.32 Å². The summed E-state index contributed by atoms with van der Waals surface area (Å²) in [6.07, 6.45) is 0. The summed E-state index contributed by atoms with van der Waals surface area (Å²) in [6.45, 7) is 2.60. The van der Waals surface area contributed by atoms with E-state index in [1.165, 1.54) is 30.3 Å². The number of nitrogens with one attached hydrogen (secondary N) is 1. The molecule has 0 heterocycles. The number of aryl methyl sites for hydroxylation is 1. The minimum Gasteiger partial charge on any atom is -0.325 e. The van der Waals surface area contributed by atoms with Gasteiger partial charge >= 0.3 is 0 Å². The number of hydrogen-bond donors (Lipinski definition) is 1. The number of carbonyl (C=O) groups excluding carboxylic acids is 1. The molecule has 0 aromatic heterocycles. The van der Waals surface area contributed by atoms with E-state index in [9.17, 15) is 17.6 Å². The Bertz CT molecular complexity index is 1230. The van der Waals surface area contributed by atoms with Crippen molar-refractivity contribution in [3.63, 3.8) is 0 Å². The van der Waals surface area contributed by atoms with Crippen LogP contribution < -0.4 is 5.32 Å². The van der Waals surface area contributed by atoms with Crippen molar-refractivity contribution < 1.29 is 17.6 Å². The third-order valence-corrected chi connectivity index (χ3v) is 7.49. The lowest BCUT2D eigenvalue weighted by Gasteiger charge is -2.23. The van der Waals surface area contributed by atoms with E-state index in [1.807, 2.05) is 6.92 Å². The van der Waals surface area contributed by atoms with E-state index in [0.717, 1.165) is 9.87 Å². The largest absolute Gasteiger partial charge is 0.325 e. The van der Waals surface area contributed by atoms with Crippen molar-refractivity contribution in [2.24, 2.45) is 0 Å². The van der Waals surface area contributed by atoms with Crippen LogP contribution in [0.4, 0.5) is 10.1 Å². The molecule has 0 radical (unpaired) electrons. The molecule has 168 valence electrons. The highest BCUT2D eigenvalue weighted by atomic mass is 35.5. The first-order chi connectivity index (χ1) is 15.1. The Morgan fingerprint density at radius 1 is 0.969 bits per heavy atom. The van der Waals surface area contributed by atoms with Crippen LogP contribution in [0, 0.1) is 19.7 Å². The van der Waals surface area contributed by atoms with Gasteiger partial charge in [0.05, 0.1) is 11.4 Å². The van der Waals surface area contributed by atoms with Crippen molar-refractivity contribution in [1.82, 2.24) is 4.31 Å². The molecule has 0 aliphatic heterocycles. The summed E-state index contributed by atoms with van der Waals surface area (Å²) < 4.78 is 42.0. The third-order valence-electron chi connectivity index (χ3n) is 4.92. The summed E-state index contributed by atoms with van der Waals surface area (Å²) in [7, 11) is -4.13. The van der Waals surface area contributed by atoms with Crippen molar-refractivity contribution >= 4 is 44.8 Å². The van der Waals surface area contributed by atoms with Gasteiger partial charge in [-0.2, -0.15) is 4.31 Å². The number of sulfonamides is 1. The minimum atomic E-state index is -4.13. The van der Waals surface area contributed by atoms with E-state index in [-0.39, 0.29) is 15.5 Å². The molecule has 0 bridgehead atoms. The van der Waals surface area contributed by atoms with Gasteiger partial charge in [0.1, 0.15) is 5.82 Å². The highest BCUT2D eigenvalue weighted by molar-refractivity contribution is 7.89. The molecule has 0 saturated heterocycles. The number of nitrogens with zero attached hydrogens (tertiary/aromatic N) is 1. The van der Waals surface area contributed by atoms with Crippen LogP contribution in [0.25, 0.3) is 0 Å². The lowest BCUT2D eigenvalue weighted by Crippen LogP contribution is -2.38. The predicted molar refractivity (Wildman–Crippen MR) is 125 cm³/mol. The van der Waals surface area contributed by atoms with Crippen LogP contribution in [-0.2, 0) is 21.4 Å². The highest BCUT2D eigenvalue weighted by Gasteiger charge is 2.28. The van der Waals surface area contributed by atoms with Gasteiger partial charge in [-0.1, -0.05) is 53.0 Å². The number of hydrogen-bond acceptors (Lipinski definition) is 3. The Morgan fingerprint density at radius 2 is 1.59 bits per heavy atom. The molecule has 0 aliphatic rings. The molecule has 3 rings (SSSR count). The summed E-state index contributed by atoms with van der Waals surface area (Å²) in [4.78, 5) is 12.8. The average molecular weight is 495 g/mol. The van der Waals surface area contributed by atoms with Crippen LogP contribution in [-0.4, -0.2) is 25.2 Å². The smallest absolute Gasteiger partial charge is 0.243 e. The molecule has 32 heavy (non-hydrogen) atoms. The van der Waals surface area contributed by atoms with Crippen molar-refractivity contribution in [2.75, 3.05) is 11.9 Å². The van der Waals surface area contributed by atoms with Crippen molar-refractivity contribution in [1.29, 1.82) is 0 Å². The zero-order valence-electron chi connectivity index (χ0n) is 17.4. The first-order valence-corrected chi connectivity index (χ1v) is 11.8. The zero-order valence-corrected chi connectivity index (χ0v) is 19.7. The second-order valence-electron chi connectivity index (χ2n) is 7.25. The first-order valence-electron chi connectivity index (χ1n) is 9.64. The van der Waals surface area contributed by atoms with Crippen LogP contribution >= 0.6 is 23.2 Å². The Hall–Kier alpha value is -2.45. The number of halogens is 3. The number of carbonyl (C=O) groups is 1. The molecule has 0 atom stereocenters. The van der Waals surface area contributed by atoms with Crippen molar-refractivity contribution in [3.8, 4) is 0 Å². The maximum atomic E-state index is 14.4. The van der Waals surface area contributed by atoms with Crippen molar-refractivity contribution in [2.45, 2.75) is 25.3 Å². The summed E-state index contributed by atoms with van der Waals surface area (Å²) in [6, 6.07) is 15.3. The Labute approximate surface area is 196 Å². The van der Waals surface area contributed by atoms with E-state index < -0.39 is 34.8 Å². The fourth-order valence-electron chi connectivity index (χ4n) is 3.04. The minimum absolute atomic E-state index is 0.0118. The van der Waals surface area contributed by atoms with Crippen molar-refractivity contribution in [3.05, 3.63) is 93.2 Å². The molecule has 1 amide bonds. The fourth-order valence-corrected chi connectivity index (χ4v) is 4.80. The first kappa shape index (κ1) is 24.2. The van der Waals surface area contributed by atoms with E-state index in [2.05, 4.69) is 5.32 Å². The second kappa shape index (κ2) is 10.0. The lowest BCUT2D eigenvalue weighted by molar-refractivity contribution is -0.116. The van der Waals surface area contributed by atoms with Crippen LogP contribution in [0.2, 0.25) is 10.0 Å². The topological polar surface area (TPSA) is 66.5 Å². The van der Waals surface area contributed by atoms with Gasteiger partial charge in [-0.25, -0.2) is 12.8 Å². The van der Waals surface area contributed by atoms with Gasteiger partial charge in [0.2, 0.25) is 15.9 Å². The van der Waals surface area contributed by atoms with Crippen LogP contribution in [0.1, 0.15) is 16.7 Å². The molecule has 3 aromatic rings. The fraction of sp³-hybridized carbons (Fsp3) is 0.174. The number of anilines is 1. The van der Waals surface area contributed by atoms with Gasteiger partial charge in [-0.15, -0.1) is 0 Å². The standard InChI is InChI=1S/C23H21Cl2FN2O3S/c1-15-9-11-17(12-10-15)32(30,31)28(13-18-20(25)6-3-7-21(18)26)14-23(29)27-22-8-4-5-19(24)16(22)2/h3-12H,13-14H2,1-2H3,(H,27,29). The zero-order chi connectivity index (χ0) is 23.5. The summed E-state index contributed by atoms with van der Waals surface area (Å²) in [5, 5.41) is 3.21. The SMILES string of the molecule is Cc1ccc(S(=O)(=O)N(CC(=O)Nc2cccc(Cl)c2C)Cc2c(F)cccc2Cl)cc1. The third kappa shape index (κ3) is 5.48. The van der Waals surface area contributed by atoms with Crippen LogP contribution in [0.5, 0.6) is 0 Å². The average Bonchev–Trinajstić information content (AvgIpc) is 2.73. The van der Waals surface area contributed by atoms with Gasteiger partial charge in [0.25, 0.3) is 0 Å². The molecular weight excluding hydrogens is 474 g/mol. The highest BCUT2D eigenvalue weighted by Crippen LogP contribution is 2.26. The molecule has 3 aromatic carbocycles. The molecule has 1 N–H and O–H groups in total. The lowest BCUT2D eigenvalue weighted by atomic mass is 10.2. The molecule has 0 fully saturated rings. The van der Waals surface area contributed by atoms with Crippen LogP contribution in [0.3, 0.4) is 0 Å². The van der Waals surface area contributed by atoms with Gasteiger partial charge in [0, 0.05) is 27.8 Å². The number of amides is 1. The molecular formula is C23H21Cl2FN2O3S. The Kier molecular flexibility index (Phi) is 7.56. The summed E-state index contributed by atoms with van der Waals surface area (Å²) in [5.74, 6) is -1.26. The van der Waals surface area contributed by atoms with Gasteiger partial charge in [0.15, 0.2) is 0 Å². The number of benzene rings is 3. The molecule has 0 unspecified atom stereocenters. The molecule has 5 nitrogen and oxygen atoms in total. The van der Waals surface area contributed by atoms with E-state index in [4.69, 9.17) is 23.2 Å². The van der Waals surface area contributed by atoms with Crippen LogP contribution in [0.15, 0.2) is 65.6 Å². The quantitative estimate of drug-likeness (QED) is 0.466. The number of rotatable bonds is 7. The normalized spacial score (nSPS) is 11.6. The maximum absolute atomic E-state index is 14.4. The van der Waals surface area contributed by atoms with Gasteiger partial charge in [-0.05, 0) is 55.8 Å². The predicted octanol–water partition coefficient (Wildman–Crippen LogP) is 5.58.